The third-order valence-corrected chi connectivity index (χ3v) is 3.81. The molecule has 0 amide bonds. The van der Waals surface area contributed by atoms with Crippen LogP contribution in [-0.2, 0) is 6.42 Å². The van der Waals surface area contributed by atoms with Gasteiger partial charge in [-0.15, -0.1) is 11.3 Å². The number of hydrogen-bond acceptors (Lipinski definition) is 2. The highest BCUT2D eigenvalue weighted by Crippen LogP contribution is 2.49. The molecule has 1 heterocycles. The molecule has 0 aliphatic heterocycles. The minimum atomic E-state index is 0.786. The number of aryl methyl sites for hydroxylation is 1. The first-order valence-electron chi connectivity index (χ1n) is 4.63. The van der Waals surface area contributed by atoms with Gasteiger partial charge in [-0.2, -0.15) is 0 Å². The Bertz CT molecular complexity index is 267. The zero-order chi connectivity index (χ0) is 8.55. The molecule has 1 nitrogen and oxygen atoms in total. The van der Waals surface area contributed by atoms with E-state index in [1.807, 2.05) is 11.3 Å². The van der Waals surface area contributed by atoms with Gasteiger partial charge in [0.15, 0.2) is 0 Å². The van der Waals surface area contributed by atoms with E-state index in [0.717, 1.165) is 18.4 Å². The molecule has 0 spiro atoms. The number of thiophene rings is 1. The second-order valence-electron chi connectivity index (χ2n) is 3.50. The Balaban J connectivity index is 2.13. The maximum absolute atomic E-state index is 5.63. The molecule has 2 rings (SSSR count). The standard InChI is InChI=1S/C10H15NS/c1-2-7-3-4-12-10(7)9-5-8(9)6-11/h3-4,8-9H,2,5-6,11H2,1H3/t8-,9+/m0/s1. The van der Waals surface area contributed by atoms with Crippen LogP contribution in [0.2, 0.25) is 0 Å². The topological polar surface area (TPSA) is 26.0 Å². The fourth-order valence-corrected chi connectivity index (χ4v) is 3.00. The van der Waals surface area contributed by atoms with E-state index in [0.29, 0.717) is 0 Å². The van der Waals surface area contributed by atoms with Gasteiger partial charge in [0, 0.05) is 4.88 Å². The average molecular weight is 181 g/mol. The molecule has 0 radical (unpaired) electrons. The number of rotatable bonds is 3. The van der Waals surface area contributed by atoms with Crippen molar-refractivity contribution < 1.29 is 0 Å². The summed E-state index contributed by atoms with van der Waals surface area (Å²) in [5.74, 6) is 1.60. The van der Waals surface area contributed by atoms with Crippen LogP contribution < -0.4 is 5.73 Å². The van der Waals surface area contributed by atoms with Crippen LogP contribution >= 0.6 is 11.3 Å². The Hall–Kier alpha value is -0.340. The highest BCUT2D eigenvalue weighted by atomic mass is 32.1. The lowest BCUT2D eigenvalue weighted by molar-refractivity contribution is 0.811. The molecule has 0 aromatic carbocycles. The van der Waals surface area contributed by atoms with Crippen LogP contribution in [0.25, 0.3) is 0 Å². The summed E-state index contributed by atoms with van der Waals surface area (Å²) in [4.78, 5) is 1.60. The SMILES string of the molecule is CCc1ccsc1[C@@H]1C[C@H]1CN. The van der Waals surface area contributed by atoms with Gasteiger partial charge in [0.1, 0.15) is 0 Å². The monoisotopic (exact) mass is 181 g/mol. The van der Waals surface area contributed by atoms with E-state index in [2.05, 4.69) is 18.4 Å². The summed E-state index contributed by atoms with van der Waals surface area (Å²) in [5, 5.41) is 2.21. The molecule has 1 saturated carbocycles. The van der Waals surface area contributed by atoms with Gasteiger partial charge in [-0.05, 0) is 48.2 Å². The summed E-state index contributed by atoms with van der Waals surface area (Å²) in [6, 6.07) is 2.26. The molecule has 1 aromatic heterocycles. The van der Waals surface area contributed by atoms with Crippen molar-refractivity contribution in [2.45, 2.75) is 25.7 Å². The number of hydrogen-bond donors (Lipinski definition) is 1. The van der Waals surface area contributed by atoms with E-state index in [-0.39, 0.29) is 0 Å². The Kier molecular flexibility index (Phi) is 2.20. The zero-order valence-electron chi connectivity index (χ0n) is 7.42. The van der Waals surface area contributed by atoms with Gasteiger partial charge in [-0.1, -0.05) is 6.92 Å². The van der Waals surface area contributed by atoms with E-state index >= 15 is 0 Å². The maximum atomic E-state index is 5.63. The molecule has 12 heavy (non-hydrogen) atoms. The molecule has 1 aromatic rings. The predicted molar refractivity (Wildman–Crippen MR) is 53.6 cm³/mol. The molecule has 0 saturated heterocycles. The third-order valence-electron chi connectivity index (χ3n) is 2.72. The summed E-state index contributed by atoms with van der Waals surface area (Å²) in [6.45, 7) is 3.09. The lowest BCUT2D eigenvalue weighted by atomic mass is 10.1. The first kappa shape index (κ1) is 8.27. The van der Waals surface area contributed by atoms with E-state index in [1.165, 1.54) is 12.8 Å². The predicted octanol–water partition coefficient (Wildman–Crippen LogP) is 2.37. The molecule has 2 heteroatoms. The third kappa shape index (κ3) is 1.29. The van der Waals surface area contributed by atoms with Crippen LogP contribution in [0.1, 0.15) is 29.7 Å². The Morgan fingerprint density at radius 3 is 3.08 bits per heavy atom. The molecular weight excluding hydrogens is 166 g/mol. The van der Waals surface area contributed by atoms with E-state index in [4.69, 9.17) is 5.73 Å². The summed E-state index contributed by atoms with van der Waals surface area (Å²) in [7, 11) is 0. The summed E-state index contributed by atoms with van der Waals surface area (Å²) in [5.41, 5.74) is 7.17. The summed E-state index contributed by atoms with van der Waals surface area (Å²) < 4.78 is 0. The molecule has 66 valence electrons. The van der Waals surface area contributed by atoms with Crippen molar-refractivity contribution in [3.8, 4) is 0 Å². The summed E-state index contributed by atoms with van der Waals surface area (Å²) >= 11 is 1.91. The first-order valence-corrected chi connectivity index (χ1v) is 5.51. The van der Waals surface area contributed by atoms with Crippen molar-refractivity contribution >= 4 is 11.3 Å². The molecule has 1 aliphatic rings. The van der Waals surface area contributed by atoms with Crippen LogP contribution in [0.15, 0.2) is 11.4 Å². The van der Waals surface area contributed by atoms with Gasteiger partial charge in [-0.25, -0.2) is 0 Å². The molecule has 0 bridgehead atoms. The summed E-state index contributed by atoms with van der Waals surface area (Å²) in [6.07, 6.45) is 2.50. The fourth-order valence-electron chi connectivity index (χ4n) is 1.79. The lowest BCUT2D eigenvalue weighted by Gasteiger charge is -1.98. The van der Waals surface area contributed by atoms with Crippen LogP contribution in [0.5, 0.6) is 0 Å². The molecule has 2 N–H and O–H groups in total. The normalized spacial score (nSPS) is 27.5. The fraction of sp³-hybridized carbons (Fsp3) is 0.600. The van der Waals surface area contributed by atoms with Gasteiger partial charge in [0.25, 0.3) is 0 Å². The molecule has 2 atom stereocenters. The Morgan fingerprint density at radius 1 is 1.67 bits per heavy atom. The Morgan fingerprint density at radius 2 is 2.50 bits per heavy atom. The van der Waals surface area contributed by atoms with Crippen LogP contribution in [0.4, 0.5) is 0 Å². The Labute approximate surface area is 77.6 Å². The van der Waals surface area contributed by atoms with Crippen molar-refractivity contribution in [2.24, 2.45) is 11.7 Å². The largest absolute Gasteiger partial charge is 0.330 e. The second-order valence-corrected chi connectivity index (χ2v) is 4.45. The van der Waals surface area contributed by atoms with E-state index < -0.39 is 0 Å². The lowest BCUT2D eigenvalue weighted by Crippen LogP contribution is -2.01. The van der Waals surface area contributed by atoms with Gasteiger partial charge < -0.3 is 5.73 Å². The van der Waals surface area contributed by atoms with Crippen LogP contribution in [0, 0.1) is 5.92 Å². The smallest absolute Gasteiger partial charge is 0.0111 e. The van der Waals surface area contributed by atoms with Crippen molar-refractivity contribution in [3.63, 3.8) is 0 Å². The molecular formula is C10H15NS. The molecule has 1 fully saturated rings. The van der Waals surface area contributed by atoms with Gasteiger partial charge in [0.2, 0.25) is 0 Å². The van der Waals surface area contributed by atoms with Crippen molar-refractivity contribution in [3.05, 3.63) is 21.9 Å². The second kappa shape index (κ2) is 3.19. The highest BCUT2D eigenvalue weighted by Gasteiger charge is 2.38. The van der Waals surface area contributed by atoms with Gasteiger partial charge in [-0.3, -0.25) is 0 Å². The van der Waals surface area contributed by atoms with Crippen molar-refractivity contribution in [2.75, 3.05) is 6.54 Å². The average Bonchev–Trinajstić information content (AvgIpc) is 2.74. The first-order chi connectivity index (χ1) is 5.86. The van der Waals surface area contributed by atoms with Gasteiger partial charge >= 0.3 is 0 Å². The van der Waals surface area contributed by atoms with Gasteiger partial charge in [0.05, 0.1) is 0 Å². The highest BCUT2D eigenvalue weighted by molar-refractivity contribution is 7.10. The maximum Gasteiger partial charge on any atom is 0.0111 e. The minimum absolute atomic E-state index is 0.786. The van der Waals surface area contributed by atoms with Crippen molar-refractivity contribution in [1.29, 1.82) is 0 Å². The number of nitrogens with two attached hydrogens (primary N) is 1. The van der Waals surface area contributed by atoms with E-state index in [9.17, 15) is 0 Å². The molecule has 0 unspecified atom stereocenters. The quantitative estimate of drug-likeness (QED) is 0.761. The zero-order valence-corrected chi connectivity index (χ0v) is 8.23. The van der Waals surface area contributed by atoms with Crippen LogP contribution in [0.3, 0.4) is 0 Å². The molecule has 1 aliphatic carbocycles. The van der Waals surface area contributed by atoms with Crippen molar-refractivity contribution in [1.82, 2.24) is 0 Å². The minimum Gasteiger partial charge on any atom is -0.330 e. The van der Waals surface area contributed by atoms with Crippen LogP contribution in [-0.4, -0.2) is 6.54 Å². The van der Waals surface area contributed by atoms with E-state index in [1.54, 1.807) is 10.4 Å².